The van der Waals surface area contributed by atoms with Crippen LogP contribution in [-0.4, -0.2) is 16.9 Å². The topological polar surface area (TPSA) is 54.4 Å². The molecule has 0 aliphatic heterocycles. The van der Waals surface area contributed by atoms with Crippen molar-refractivity contribution in [2.24, 2.45) is 0 Å². The van der Waals surface area contributed by atoms with Crippen LogP contribution in [-0.2, 0) is 0 Å². The maximum atomic E-state index is 12.9. The molecule has 3 nitrogen and oxygen atoms in total. The number of hydrogen-bond donors (Lipinski definition) is 1. The summed E-state index contributed by atoms with van der Waals surface area (Å²) in [6.07, 6.45) is 0. The number of carboxylic acids is 1. The fourth-order valence-electron chi connectivity index (χ4n) is 2.93. The fraction of sp³-hybridized carbons (Fsp3) is 0.100. The summed E-state index contributed by atoms with van der Waals surface area (Å²) in [7, 11) is 0. The molecular formula is C20H16O3. The predicted molar refractivity (Wildman–Crippen MR) is 89.4 cm³/mol. The summed E-state index contributed by atoms with van der Waals surface area (Å²) in [6.45, 7) is 3.66. The molecule has 0 aromatic heterocycles. The van der Waals surface area contributed by atoms with Crippen molar-refractivity contribution in [3.05, 3.63) is 82.4 Å². The Kier molecular flexibility index (Phi) is 3.70. The first-order valence-corrected chi connectivity index (χ1v) is 7.36. The van der Waals surface area contributed by atoms with Crippen LogP contribution >= 0.6 is 0 Å². The van der Waals surface area contributed by atoms with Gasteiger partial charge in [-0.2, -0.15) is 0 Å². The van der Waals surface area contributed by atoms with Gasteiger partial charge in [-0.3, -0.25) is 4.79 Å². The van der Waals surface area contributed by atoms with E-state index >= 15 is 0 Å². The van der Waals surface area contributed by atoms with Crippen molar-refractivity contribution in [2.75, 3.05) is 0 Å². The van der Waals surface area contributed by atoms with Gasteiger partial charge in [-0.05, 0) is 30.5 Å². The number of rotatable bonds is 3. The molecule has 114 valence electrons. The normalized spacial score (nSPS) is 10.7. The minimum Gasteiger partial charge on any atom is -0.478 e. The summed E-state index contributed by atoms with van der Waals surface area (Å²) in [4.78, 5) is 24.6. The van der Waals surface area contributed by atoms with Crippen molar-refractivity contribution in [3.8, 4) is 11.1 Å². The van der Waals surface area contributed by atoms with Gasteiger partial charge in [0.2, 0.25) is 0 Å². The minimum absolute atomic E-state index is 0.147. The zero-order valence-electron chi connectivity index (χ0n) is 13.0. The Morgan fingerprint density at radius 2 is 1.35 bits per heavy atom. The monoisotopic (exact) mass is 304 g/mol. The van der Waals surface area contributed by atoms with E-state index in [1.165, 1.54) is 0 Å². The lowest BCUT2D eigenvalue weighted by atomic mass is 9.98. The quantitative estimate of drug-likeness (QED) is 0.732. The summed E-state index contributed by atoms with van der Waals surface area (Å²) < 4.78 is 0. The molecule has 0 radical (unpaired) electrons. The number of fused-ring (bicyclic) bond motifs is 1. The Bertz CT molecular complexity index is 876. The van der Waals surface area contributed by atoms with Crippen molar-refractivity contribution in [1.29, 1.82) is 0 Å². The van der Waals surface area contributed by atoms with E-state index in [4.69, 9.17) is 0 Å². The van der Waals surface area contributed by atoms with Gasteiger partial charge in [0.25, 0.3) is 0 Å². The fourth-order valence-corrected chi connectivity index (χ4v) is 2.93. The molecule has 1 aromatic rings. The third-order valence-electron chi connectivity index (χ3n) is 4.08. The standard InChI is InChI=1S/C20H16O3/c1-12-8-10-14(11-9-12)19(21)17-13(2)18(20(22)23)16-7-5-3-4-6-15(16)17/h3-11H,1-2H3,(H,22,23). The second-order valence-corrected chi connectivity index (χ2v) is 5.61. The molecule has 2 aliphatic rings. The molecule has 23 heavy (non-hydrogen) atoms. The zero-order chi connectivity index (χ0) is 16.6. The van der Waals surface area contributed by atoms with Crippen molar-refractivity contribution in [1.82, 2.24) is 0 Å². The van der Waals surface area contributed by atoms with Gasteiger partial charge in [0, 0.05) is 11.1 Å². The summed E-state index contributed by atoms with van der Waals surface area (Å²) >= 11 is 0. The molecule has 1 N–H and O–H groups in total. The molecule has 3 rings (SSSR count). The average Bonchev–Trinajstić information content (AvgIpc) is 2.65. The van der Waals surface area contributed by atoms with Crippen molar-refractivity contribution < 1.29 is 14.7 Å². The Morgan fingerprint density at radius 3 is 1.91 bits per heavy atom. The van der Waals surface area contributed by atoms with E-state index in [9.17, 15) is 14.7 Å². The maximum absolute atomic E-state index is 12.9. The lowest BCUT2D eigenvalue weighted by Crippen LogP contribution is -2.04. The Balaban J connectivity index is 2.26. The first-order chi connectivity index (χ1) is 11.0. The highest BCUT2D eigenvalue weighted by molar-refractivity contribution is 6.18. The second kappa shape index (κ2) is 5.69. The average molecular weight is 304 g/mol. The molecule has 0 spiro atoms. The van der Waals surface area contributed by atoms with Gasteiger partial charge < -0.3 is 5.11 Å². The number of aryl methyl sites for hydroxylation is 1. The van der Waals surface area contributed by atoms with E-state index in [0.717, 1.165) is 5.56 Å². The lowest BCUT2D eigenvalue weighted by molar-refractivity contribution is 0.0697. The molecule has 0 saturated heterocycles. The van der Waals surface area contributed by atoms with E-state index < -0.39 is 5.97 Å². The van der Waals surface area contributed by atoms with Crippen LogP contribution in [0, 0.1) is 13.8 Å². The van der Waals surface area contributed by atoms with E-state index in [1.807, 2.05) is 31.2 Å². The van der Waals surface area contributed by atoms with Crippen LogP contribution in [0.5, 0.6) is 0 Å². The molecule has 0 amide bonds. The highest BCUT2D eigenvalue weighted by atomic mass is 16.4. The number of ketones is 1. The molecule has 0 bridgehead atoms. The second-order valence-electron chi connectivity index (χ2n) is 5.61. The molecule has 0 unspecified atom stereocenters. The summed E-state index contributed by atoms with van der Waals surface area (Å²) in [6, 6.07) is 16.3. The van der Waals surface area contributed by atoms with Gasteiger partial charge in [0.15, 0.2) is 5.78 Å². The lowest BCUT2D eigenvalue weighted by Gasteiger charge is -2.04. The van der Waals surface area contributed by atoms with E-state index in [0.29, 0.717) is 27.8 Å². The Morgan fingerprint density at radius 1 is 0.783 bits per heavy atom. The van der Waals surface area contributed by atoms with Gasteiger partial charge in [-0.25, -0.2) is 4.79 Å². The third-order valence-corrected chi connectivity index (χ3v) is 4.08. The Hall–Kier alpha value is -2.94. The van der Waals surface area contributed by atoms with Crippen LogP contribution < -0.4 is 0 Å². The first kappa shape index (κ1) is 15.0. The minimum atomic E-state index is -1.01. The molecule has 0 atom stereocenters. The largest absolute Gasteiger partial charge is 0.478 e. The summed E-state index contributed by atoms with van der Waals surface area (Å²) in [5.41, 5.74) is 4.09. The van der Waals surface area contributed by atoms with E-state index in [-0.39, 0.29) is 11.3 Å². The molecular weight excluding hydrogens is 288 g/mol. The highest BCUT2D eigenvalue weighted by Gasteiger charge is 2.28. The van der Waals surface area contributed by atoms with Crippen LogP contribution in [0.1, 0.15) is 37.4 Å². The van der Waals surface area contributed by atoms with Crippen molar-refractivity contribution in [3.63, 3.8) is 0 Å². The number of carbonyl (C=O) groups excluding carboxylic acids is 1. The predicted octanol–water partition coefficient (Wildman–Crippen LogP) is 4.34. The number of hydrogen-bond acceptors (Lipinski definition) is 2. The van der Waals surface area contributed by atoms with E-state index in [1.54, 1.807) is 37.3 Å². The number of carbonyl (C=O) groups is 2. The SMILES string of the molecule is Cc1ccc(C(=O)c2c3cccccc-3c(C(=O)O)c2C)cc1. The van der Waals surface area contributed by atoms with Gasteiger partial charge in [0.1, 0.15) is 0 Å². The van der Waals surface area contributed by atoms with E-state index in [2.05, 4.69) is 0 Å². The zero-order valence-corrected chi connectivity index (χ0v) is 13.0. The third kappa shape index (κ3) is 2.50. The number of aromatic carboxylic acids is 1. The number of benzene rings is 1. The van der Waals surface area contributed by atoms with Crippen molar-refractivity contribution >= 4 is 11.8 Å². The molecule has 0 heterocycles. The van der Waals surface area contributed by atoms with Crippen LogP contribution in [0.2, 0.25) is 0 Å². The van der Waals surface area contributed by atoms with Crippen LogP contribution in [0.25, 0.3) is 11.1 Å². The van der Waals surface area contributed by atoms with Crippen LogP contribution in [0.15, 0.2) is 54.6 Å². The smallest absolute Gasteiger partial charge is 0.336 e. The molecule has 1 aromatic carbocycles. The molecule has 0 fully saturated rings. The van der Waals surface area contributed by atoms with Gasteiger partial charge in [0.05, 0.1) is 5.56 Å². The maximum Gasteiger partial charge on any atom is 0.336 e. The summed E-state index contributed by atoms with van der Waals surface area (Å²) in [5, 5.41) is 9.54. The molecule has 0 saturated carbocycles. The van der Waals surface area contributed by atoms with Gasteiger partial charge in [-0.15, -0.1) is 0 Å². The Labute approximate surface area is 134 Å². The first-order valence-electron chi connectivity index (χ1n) is 7.36. The highest BCUT2D eigenvalue weighted by Crippen LogP contribution is 2.37. The van der Waals surface area contributed by atoms with Gasteiger partial charge >= 0.3 is 5.97 Å². The van der Waals surface area contributed by atoms with Gasteiger partial charge in [-0.1, -0.05) is 60.2 Å². The van der Waals surface area contributed by atoms with Crippen LogP contribution in [0.3, 0.4) is 0 Å². The van der Waals surface area contributed by atoms with Crippen LogP contribution in [0.4, 0.5) is 0 Å². The number of carboxylic acid groups (broad SMARTS) is 1. The summed E-state index contributed by atoms with van der Waals surface area (Å²) in [5.74, 6) is -1.16. The molecule has 3 heteroatoms. The van der Waals surface area contributed by atoms with Crippen molar-refractivity contribution in [2.45, 2.75) is 13.8 Å². The molecule has 2 aliphatic carbocycles.